The summed E-state index contributed by atoms with van der Waals surface area (Å²) in [6.45, 7) is 0. The lowest BCUT2D eigenvalue weighted by molar-refractivity contribution is -0.124. The van der Waals surface area contributed by atoms with Crippen LogP contribution in [0.1, 0.15) is 42.5 Å². The van der Waals surface area contributed by atoms with Crippen LogP contribution < -0.4 is 16.2 Å². The third kappa shape index (κ3) is 3.87. The Morgan fingerprint density at radius 1 is 1.30 bits per heavy atom. The molecular formula is C19H24FN5O2. The first-order chi connectivity index (χ1) is 13.0. The van der Waals surface area contributed by atoms with Gasteiger partial charge >= 0.3 is 0 Å². The summed E-state index contributed by atoms with van der Waals surface area (Å²) in [7, 11) is 1.84. The smallest absolute Gasteiger partial charge is 0.239 e. The number of aliphatic hydroxyl groups excluding tert-OH is 1. The van der Waals surface area contributed by atoms with E-state index in [-0.39, 0.29) is 41.9 Å². The quantitative estimate of drug-likeness (QED) is 0.630. The minimum Gasteiger partial charge on any atom is -0.393 e. The molecule has 0 bridgehead atoms. The van der Waals surface area contributed by atoms with Crippen molar-refractivity contribution in [3.8, 4) is 0 Å². The molecule has 0 radical (unpaired) electrons. The number of carbonyl (C=O) groups excluding carboxylic acids is 1. The van der Waals surface area contributed by atoms with Crippen LogP contribution in [0.4, 0.5) is 4.39 Å². The van der Waals surface area contributed by atoms with Crippen LogP contribution in [-0.2, 0) is 11.8 Å². The number of hydrogen-bond donors (Lipinski definition) is 4. The number of rotatable bonds is 5. The van der Waals surface area contributed by atoms with E-state index >= 15 is 0 Å². The highest BCUT2D eigenvalue weighted by molar-refractivity contribution is 5.82. The number of carbonyl (C=O) groups is 1. The molecule has 3 atom stereocenters. The fraction of sp³-hybridized carbons (Fsp3) is 0.474. The van der Waals surface area contributed by atoms with E-state index in [1.807, 2.05) is 13.2 Å². The van der Waals surface area contributed by atoms with Crippen molar-refractivity contribution < 1.29 is 14.3 Å². The Hall–Kier alpha value is -2.29. The Kier molecular flexibility index (Phi) is 4.94. The summed E-state index contributed by atoms with van der Waals surface area (Å²) in [5.74, 6) is -0.168. The van der Waals surface area contributed by atoms with Crippen LogP contribution in [0.2, 0.25) is 0 Å². The zero-order valence-corrected chi connectivity index (χ0v) is 15.1. The molecule has 1 saturated heterocycles. The molecule has 2 fully saturated rings. The van der Waals surface area contributed by atoms with Crippen molar-refractivity contribution in [1.82, 2.24) is 25.9 Å². The fourth-order valence-corrected chi connectivity index (χ4v) is 3.87. The van der Waals surface area contributed by atoms with E-state index in [0.717, 1.165) is 11.1 Å². The largest absolute Gasteiger partial charge is 0.393 e. The number of halogens is 1. The van der Waals surface area contributed by atoms with Gasteiger partial charge in [0.25, 0.3) is 0 Å². The zero-order chi connectivity index (χ0) is 19.0. The first kappa shape index (κ1) is 18.1. The fourth-order valence-electron chi connectivity index (χ4n) is 3.87. The van der Waals surface area contributed by atoms with E-state index in [0.29, 0.717) is 19.3 Å². The lowest BCUT2D eigenvalue weighted by Gasteiger charge is -2.38. The molecule has 2 heterocycles. The molecule has 1 aromatic heterocycles. The van der Waals surface area contributed by atoms with E-state index in [1.165, 1.54) is 12.1 Å². The molecule has 7 nitrogen and oxygen atoms in total. The predicted octanol–water partition coefficient (Wildman–Crippen LogP) is 1.10. The number of hydrazine groups is 1. The summed E-state index contributed by atoms with van der Waals surface area (Å²) >= 11 is 0. The Bertz CT molecular complexity index is 803. The number of nitrogens with zero attached hydrogens (tertiary/aromatic N) is 2. The number of benzene rings is 1. The van der Waals surface area contributed by atoms with Crippen molar-refractivity contribution >= 4 is 5.91 Å². The third-order valence-electron chi connectivity index (χ3n) is 5.49. The minimum absolute atomic E-state index is 0.0521. The molecule has 8 heteroatoms. The molecule has 144 valence electrons. The average Bonchev–Trinajstić information content (AvgIpc) is 3.27. The first-order valence-corrected chi connectivity index (χ1v) is 9.23. The average molecular weight is 373 g/mol. The molecule has 2 aliphatic rings. The first-order valence-electron chi connectivity index (χ1n) is 9.23. The van der Waals surface area contributed by atoms with Gasteiger partial charge in [-0.1, -0.05) is 12.1 Å². The van der Waals surface area contributed by atoms with E-state index in [1.54, 1.807) is 23.0 Å². The maximum absolute atomic E-state index is 13.1. The molecule has 1 aromatic carbocycles. The van der Waals surface area contributed by atoms with Gasteiger partial charge in [0.15, 0.2) is 0 Å². The topological polar surface area (TPSA) is 91.2 Å². The van der Waals surface area contributed by atoms with Crippen molar-refractivity contribution in [2.75, 3.05) is 0 Å². The summed E-state index contributed by atoms with van der Waals surface area (Å²) in [4.78, 5) is 12.8. The monoisotopic (exact) mass is 373 g/mol. The van der Waals surface area contributed by atoms with Gasteiger partial charge in [0.2, 0.25) is 5.91 Å². The molecule has 1 aliphatic heterocycles. The number of nitrogens with one attached hydrogen (secondary N) is 3. The van der Waals surface area contributed by atoms with E-state index in [9.17, 15) is 14.3 Å². The van der Waals surface area contributed by atoms with Gasteiger partial charge in [-0.05, 0) is 42.9 Å². The highest BCUT2D eigenvalue weighted by atomic mass is 19.1. The maximum atomic E-state index is 13.1. The van der Waals surface area contributed by atoms with Crippen LogP contribution >= 0.6 is 0 Å². The van der Waals surface area contributed by atoms with Crippen LogP contribution in [0.15, 0.2) is 36.7 Å². The normalized spacial score (nSPS) is 28.6. The van der Waals surface area contributed by atoms with Gasteiger partial charge < -0.3 is 10.4 Å². The Balaban J connectivity index is 1.41. The second-order valence-electron chi connectivity index (χ2n) is 7.50. The second-order valence-corrected chi connectivity index (χ2v) is 7.50. The number of hydrogen-bond acceptors (Lipinski definition) is 5. The van der Waals surface area contributed by atoms with Crippen molar-refractivity contribution in [1.29, 1.82) is 0 Å². The Morgan fingerprint density at radius 2 is 2.04 bits per heavy atom. The third-order valence-corrected chi connectivity index (χ3v) is 5.49. The molecule has 27 heavy (non-hydrogen) atoms. The Morgan fingerprint density at radius 3 is 2.67 bits per heavy atom. The molecule has 1 saturated carbocycles. The van der Waals surface area contributed by atoms with Crippen molar-refractivity contribution in [2.24, 2.45) is 13.0 Å². The second kappa shape index (κ2) is 7.38. The van der Waals surface area contributed by atoms with Gasteiger partial charge in [-0.25, -0.2) is 15.2 Å². The zero-order valence-electron chi connectivity index (χ0n) is 15.1. The van der Waals surface area contributed by atoms with E-state index in [2.05, 4.69) is 21.3 Å². The standard InChI is InChI=1S/C19H24FN5O2/c1-25-10-13(9-21-25)18(12-6-15(26)7-12)22-19(27)17-8-16(23-24-17)11-2-4-14(20)5-3-11/h2-5,9-10,12,15-18,23-24,26H,6-8H2,1H3,(H,22,27). The SMILES string of the molecule is Cn1cc(C(NC(=O)C2CC(c3ccc(F)cc3)NN2)C2CC(O)C2)cn1. The van der Waals surface area contributed by atoms with Crippen molar-refractivity contribution in [2.45, 2.75) is 43.5 Å². The van der Waals surface area contributed by atoms with Gasteiger partial charge in [0, 0.05) is 24.8 Å². The van der Waals surface area contributed by atoms with E-state index < -0.39 is 0 Å². The molecular weight excluding hydrogens is 349 g/mol. The van der Waals surface area contributed by atoms with Gasteiger partial charge in [-0.15, -0.1) is 0 Å². The van der Waals surface area contributed by atoms with Gasteiger partial charge in [0.05, 0.1) is 18.3 Å². The van der Waals surface area contributed by atoms with E-state index in [4.69, 9.17) is 0 Å². The minimum atomic E-state index is -0.385. The lowest BCUT2D eigenvalue weighted by atomic mass is 9.75. The van der Waals surface area contributed by atoms with Gasteiger partial charge in [0.1, 0.15) is 11.9 Å². The van der Waals surface area contributed by atoms with Crippen LogP contribution in [0, 0.1) is 11.7 Å². The van der Waals surface area contributed by atoms with Crippen LogP contribution in [0.3, 0.4) is 0 Å². The molecule has 4 N–H and O–H groups in total. The summed E-state index contributed by atoms with van der Waals surface area (Å²) < 4.78 is 14.8. The molecule has 1 aliphatic carbocycles. The number of aryl methyl sites for hydroxylation is 1. The number of amides is 1. The number of aromatic nitrogens is 2. The summed E-state index contributed by atoms with van der Waals surface area (Å²) in [5.41, 5.74) is 8.04. The summed E-state index contributed by atoms with van der Waals surface area (Å²) in [6.07, 6.45) is 5.29. The molecule has 2 aromatic rings. The molecule has 0 spiro atoms. The van der Waals surface area contributed by atoms with Crippen LogP contribution in [-0.4, -0.2) is 32.9 Å². The maximum Gasteiger partial charge on any atom is 0.239 e. The summed E-state index contributed by atoms with van der Waals surface area (Å²) in [5, 5.41) is 17.0. The highest BCUT2D eigenvalue weighted by Crippen LogP contribution is 2.38. The van der Waals surface area contributed by atoms with Crippen molar-refractivity contribution in [3.63, 3.8) is 0 Å². The molecule has 3 unspecified atom stereocenters. The van der Waals surface area contributed by atoms with Crippen LogP contribution in [0.5, 0.6) is 0 Å². The molecule has 4 rings (SSSR count). The lowest BCUT2D eigenvalue weighted by Crippen LogP contribution is -2.48. The highest BCUT2D eigenvalue weighted by Gasteiger charge is 2.38. The summed E-state index contributed by atoms with van der Waals surface area (Å²) in [6, 6.07) is 5.69. The van der Waals surface area contributed by atoms with Gasteiger partial charge in [-0.3, -0.25) is 9.48 Å². The number of aliphatic hydroxyl groups is 1. The Labute approximate surface area is 156 Å². The van der Waals surface area contributed by atoms with Crippen molar-refractivity contribution in [3.05, 3.63) is 53.6 Å². The predicted molar refractivity (Wildman–Crippen MR) is 96.6 cm³/mol. The van der Waals surface area contributed by atoms with Gasteiger partial charge in [-0.2, -0.15) is 5.10 Å². The van der Waals surface area contributed by atoms with Crippen LogP contribution in [0.25, 0.3) is 0 Å². The molecule has 1 amide bonds.